The number of nitrogens with one attached hydrogen (secondary N) is 1. The van der Waals surface area contributed by atoms with Crippen LogP contribution in [0.5, 0.6) is 0 Å². The maximum absolute atomic E-state index is 5.44. The van der Waals surface area contributed by atoms with Crippen LogP contribution in [-0.4, -0.2) is 12.6 Å². The minimum atomic E-state index is 0.372. The van der Waals surface area contributed by atoms with E-state index in [9.17, 15) is 0 Å². The third kappa shape index (κ3) is 4.95. The number of likely N-dealkylation sites (N-methyl/N-ethyl adjacent to an activating group) is 1. The van der Waals surface area contributed by atoms with E-state index in [4.69, 9.17) is 4.42 Å². The molecule has 0 aliphatic heterocycles. The lowest BCUT2D eigenvalue weighted by molar-refractivity contribution is 0.220. The Kier molecular flexibility index (Phi) is 5.26. The van der Waals surface area contributed by atoms with Crippen LogP contribution in [0.15, 0.2) is 22.8 Å². The van der Waals surface area contributed by atoms with Gasteiger partial charge < -0.3 is 9.73 Å². The third-order valence-electron chi connectivity index (χ3n) is 3.64. The first-order valence-electron chi connectivity index (χ1n) is 6.69. The molecule has 1 aromatic rings. The topological polar surface area (TPSA) is 25.2 Å². The Morgan fingerprint density at radius 2 is 2.06 bits per heavy atom. The van der Waals surface area contributed by atoms with Crippen LogP contribution in [0.1, 0.15) is 46.8 Å². The zero-order valence-corrected chi connectivity index (χ0v) is 11.9. The van der Waals surface area contributed by atoms with Crippen LogP contribution < -0.4 is 5.32 Å². The van der Waals surface area contributed by atoms with E-state index in [0.717, 1.165) is 18.7 Å². The minimum Gasteiger partial charge on any atom is -0.469 e. The third-order valence-corrected chi connectivity index (χ3v) is 3.64. The zero-order valence-electron chi connectivity index (χ0n) is 11.9. The number of hydrogen-bond donors (Lipinski definition) is 1. The van der Waals surface area contributed by atoms with E-state index in [-0.39, 0.29) is 0 Å². The van der Waals surface area contributed by atoms with Crippen molar-refractivity contribution in [3.8, 4) is 0 Å². The molecule has 1 heterocycles. The van der Waals surface area contributed by atoms with Gasteiger partial charge in [0.25, 0.3) is 0 Å². The molecule has 0 radical (unpaired) electrons. The molecule has 98 valence electrons. The van der Waals surface area contributed by atoms with Crippen molar-refractivity contribution in [2.45, 2.75) is 53.5 Å². The smallest absolute Gasteiger partial charge is 0.105 e. The normalized spacial score (nSPS) is 15.8. The van der Waals surface area contributed by atoms with E-state index in [1.165, 1.54) is 6.42 Å². The first-order chi connectivity index (χ1) is 7.93. The molecule has 0 fully saturated rings. The lowest BCUT2D eigenvalue weighted by atomic mass is 9.78. The lowest BCUT2D eigenvalue weighted by Gasteiger charge is -2.31. The number of furan rings is 1. The van der Waals surface area contributed by atoms with Gasteiger partial charge in [-0.1, -0.05) is 34.6 Å². The van der Waals surface area contributed by atoms with Gasteiger partial charge in [0.2, 0.25) is 0 Å². The largest absolute Gasteiger partial charge is 0.469 e. The molecule has 0 amide bonds. The van der Waals surface area contributed by atoms with Crippen LogP contribution in [0.2, 0.25) is 0 Å². The monoisotopic (exact) mass is 237 g/mol. The Balaban J connectivity index is 2.54. The van der Waals surface area contributed by atoms with Crippen LogP contribution in [-0.2, 0) is 6.42 Å². The second-order valence-corrected chi connectivity index (χ2v) is 6.04. The summed E-state index contributed by atoms with van der Waals surface area (Å²) < 4.78 is 5.44. The molecule has 0 aromatic carbocycles. The highest BCUT2D eigenvalue weighted by molar-refractivity contribution is 5.00. The SMILES string of the molecule is CCNC(Cc1ccco1)CC(C)C(C)(C)C. The molecule has 0 aliphatic carbocycles. The second-order valence-electron chi connectivity index (χ2n) is 6.04. The molecule has 2 nitrogen and oxygen atoms in total. The van der Waals surface area contributed by atoms with Gasteiger partial charge in [-0.15, -0.1) is 0 Å². The molecule has 1 rings (SSSR count). The highest BCUT2D eigenvalue weighted by Crippen LogP contribution is 2.29. The van der Waals surface area contributed by atoms with Gasteiger partial charge in [-0.3, -0.25) is 0 Å². The summed E-state index contributed by atoms with van der Waals surface area (Å²) in [5.41, 5.74) is 0.372. The summed E-state index contributed by atoms with van der Waals surface area (Å²) in [6, 6.07) is 4.54. The summed E-state index contributed by atoms with van der Waals surface area (Å²) in [7, 11) is 0. The fourth-order valence-corrected chi connectivity index (χ4v) is 1.98. The molecule has 17 heavy (non-hydrogen) atoms. The Bertz CT molecular complexity index is 297. The first kappa shape index (κ1) is 14.3. The molecular formula is C15H27NO. The van der Waals surface area contributed by atoms with Gasteiger partial charge in [-0.2, -0.15) is 0 Å². The van der Waals surface area contributed by atoms with Crippen LogP contribution in [0.3, 0.4) is 0 Å². The van der Waals surface area contributed by atoms with Crippen LogP contribution >= 0.6 is 0 Å². The Hall–Kier alpha value is -0.760. The summed E-state index contributed by atoms with van der Waals surface area (Å²) in [5, 5.41) is 3.56. The van der Waals surface area contributed by atoms with Gasteiger partial charge in [-0.05, 0) is 36.4 Å². The molecule has 0 saturated carbocycles. The highest BCUT2D eigenvalue weighted by Gasteiger charge is 2.23. The van der Waals surface area contributed by atoms with Gasteiger partial charge >= 0.3 is 0 Å². The molecule has 0 saturated heterocycles. The van der Waals surface area contributed by atoms with Crippen molar-refractivity contribution in [2.75, 3.05) is 6.54 Å². The van der Waals surface area contributed by atoms with Crippen molar-refractivity contribution in [1.29, 1.82) is 0 Å². The van der Waals surface area contributed by atoms with Crippen LogP contribution in [0, 0.1) is 11.3 Å². The Morgan fingerprint density at radius 3 is 2.53 bits per heavy atom. The predicted molar refractivity (Wildman–Crippen MR) is 73.1 cm³/mol. The molecule has 0 aliphatic rings. The van der Waals surface area contributed by atoms with E-state index in [2.05, 4.69) is 46.0 Å². The maximum atomic E-state index is 5.44. The summed E-state index contributed by atoms with van der Waals surface area (Å²) in [6.07, 6.45) is 3.94. The molecule has 2 atom stereocenters. The number of hydrogen-bond acceptors (Lipinski definition) is 2. The van der Waals surface area contributed by atoms with E-state index >= 15 is 0 Å². The fraction of sp³-hybridized carbons (Fsp3) is 0.733. The van der Waals surface area contributed by atoms with E-state index < -0.39 is 0 Å². The van der Waals surface area contributed by atoms with Crippen molar-refractivity contribution in [3.63, 3.8) is 0 Å². The first-order valence-corrected chi connectivity index (χ1v) is 6.69. The average Bonchev–Trinajstić information content (AvgIpc) is 2.69. The minimum absolute atomic E-state index is 0.372. The van der Waals surface area contributed by atoms with E-state index in [0.29, 0.717) is 17.4 Å². The molecule has 1 N–H and O–H groups in total. The lowest BCUT2D eigenvalue weighted by Crippen LogP contribution is -2.35. The Labute approximate surface area is 106 Å². The van der Waals surface area contributed by atoms with Crippen molar-refractivity contribution in [3.05, 3.63) is 24.2 Å². The number of rotatable bonds is 6. The molecule has 2 heteroatoms. The van der Waals surface area contributed by atoms with E-state index in [1.807, 2.05) is 6.07 Å². The van der Waals surface area contributed by atoms with Crippen molar-refractivity contribution < 1.29 is 4.42 Å². The van der Waals surface area contributed by atoms with Gasteiger partial charge in [-0.25, -0.2) is 0 Å². The average molecular weight is 237 g/mol. The van der Waals surface area contributed by atoms with Gasteiger partial charge in [0, 0.05) is 12.5 Å². The van der Waals surface area contributed by atoms with Crippen LogP contribution in [0.25, 0.3) is 0 Å². The maximum Gasteiger partial charge on any atom is 0.105 e. The zero-order chi connectivity index (χ0) is 12.9. The molecule has 2 unspecified atom stereocenters. The Morgan fingerprint density at radius 1 is 1.35 bits per heavy atom. The standard InChI is InChI=1S/C15H27NO/c1-6-16-13(10-12(2)15(3,4)5)11-14-8-7-9-17-14/h7-9,12-13,16H,6,10-11H2,1-5H3. The van der Waals surface area contributed by atoms with Crippen molar-refractivity contribution in [1.82, 2.24) is 5.32 Å². The van der Waals surface area contributed by atoms with Crippen molar-refractivity contribution >= 4 is 0 Å². The molecular weight excluding hydrogens is 210 g/mol. The van der Waals surface area contributed by atoms with E-state index in [1.54, 1.807) is 6.26 Å². The second kappa shape index (κ2) is 6.25. The van der Waals surface area contributed by atoms with Crippen LogP contribution in [0.4, 0.5) is 0 Å². The molecule has 0 bridgehead atoms. The summed E-state index contributed by atoms with van der Waals surface area (Å²) in [5.74, 6) is 1.78. The molecule has 1 aromatic heterocycles. The predicted octanol–water partition coefficient (Wildman–Crippen LogP) is 3.87. The summed E-state index contributed by atoms with van der Waals surface area (Å²) in [6.45, 7) is 12.5. The van der Waals surface area contributed by atoms with Crippen molar-refractivity contribution in [2.24, 2.45) is 11.3 Å². The summed E-state index contributed by atoms with van der Waals surface area (Å²) in [4.78, 5) is 0. The summed E-state index contributed by atoms with van der Waals surface area (Å²) >= 11 is 0. The highest BCUT2D eigenvalue weighted by atomic mass is 16.3. The molecule has 0 spiro atoms. The van der Waals surface area contributed by atoms with Gasteiger partial charge in [0.05, 0.1) is 6.26 Å². The quantitative estimate of drug-likeness (QED) is 0.812. The van der Waals surface area contributed by atoms with Gasteiger partial charge in [0.1, 0.15) is 5.76 Å². The van der Waals surface area contributed by atoms with Gasteiger partial charge in [0.15, 0.2) is 0 Å². The fourth-order valence-electron chi connectivity index (χ4n) is 1.98.